The van der Waals surface area contributed by atoms with E-state index in [1.165, 1.54) is 12.1 Å². The van der Waals surface area contributed by atoms with Gasteiger partial charge in [0, 0.05) is 7.11 Å². The number of benzene rings is 1. The van der Waals surface area contributed by atoms with Crippen LogP contribution in [0.5, 0.6) is 0 Å². The summed E-state index contributed by atoms with van der Waals surface area (Å²) in [5, 5.41) is 7.80. The molecule has 0 aliphatic rings. The molecule has 0 radical (unpaired) electrons. The molecule has 0 fully saturated rings. The van der Waals surface area contributed by atoms with Crippen LogP contribution >= 0.6 is 15.9 Å². The molecule has 1 aromatic heterocycles. The van der Waals surface area contributed by atoms with E-state index in [9.17, 15) is 4.39 Å². The molecule has 4 nitrogen and oxygen atoms in total. The van der Waals surface area contributed by atoms with Crippen LogP contribution in [0.4, 0.5) is 4.39 Å². The topological polar surface area (TPSA) is 39.1 Å². The normalized spacial score (nSPS) is 12.6. The van der Waals surface area contributed by atoms with Crippen molar-refractivity contribution < 1.29 is 9.13 Å². The van der Waals surface area contributed by atoms with Gasteiger partial charge in [0.2, 0.25) is 0 Å². The highest BCUT2D eigenvalue weighted by molar-refractivity contribution is 9.10. The first-order valence-electron chi connectivity index (χ1n) is 6.86. The molecule has 2 rings (SSSR count). The van der Waals surface area contributed by atoms with Crippen LogP contribution in [0, 0.1) is 5.82 Å². The van der Waals surface area contributed by atoms with E-state index in [4.69, 9.17) is 4.74 Å². The maximum atomic E-state index is 13.1. The minimum absolute atomic E-state index is 0.0515. The van der Waals surface area contributed by atoms with E-state index in [-0.39, 0.29) is 11.9 Å². The van der Waals surface area contributed by atoms with Gasteiger partial charge < -0.3 is 10.1 Å². The molecule has 1 N–H and O–H groups in total. The molecule has 0 aliphatic heterocycles. The van der Waals surface area contributed by atoms with Crippen LogP contribution in [0.3, 0.4) is 0 Å². The minimum atomic E-state index is -0.235. The third kappa shape index (κ3) is 3.90. The van der Waals surface area contributed by atoms with Crippen molar-refractivity contribution in [3.63, 3.8) is 0 Å². The summed E-state index contributed by atoms with van der Waals surface area (Å²) < 4.78 is 21.1. The molecule has 0 amide bonds. The Morgan fingerprint density at radius 2 is 2.10 bits per heavy atom. The molecule has 0 saturated carbocycles. The molecular weight excluding hydrogens is 337 g/mol. The Kier molecular flexibility index (Phi) is 5.90. The summed E-state index contributed by atoms with van der Waals surface area (Å²) in [4.78, 5) is 0. The second kappa shape index (κ2) is 7.68. The molecule has 0 bridgehead atoms. The molecule has 6 heteroatoms. The Balaban J connectivity index is 2.37. The van der Waals surface area contributed by atoms with E-state index in [2.05, 4.69) is 26.3 Å². The van der Waals surface area contributed by atoms with E-state index in [0.717, 1.165) is 22.3 Å². The van der Waals surface area contributed by atoms with Crippen LogP contribution in [-0.4, -0.2) is 30.0 Å². The van der Waals surface area contributed by atoms with E-state index >= 15 is 0 Å². The number of rotatable bonds is 7. The first kappa shape index (κ1) is 16.1. The Morgan fingerprint density at radius 1 is 1.38 bits per heavy atom. The summed E-state index contributed by atoms with van der Waals surface area (Å²) in [6.07, 6.45) is 1.78. The van der Waals surface area contributed by atoms with Crippen LogP contribution in [-0.2, 0) is 11.3 Å². The van der Waals surface area contributed by atoms with Gasteiger partial charge in [0.15, 0.2) is 0 Å². The lowest BCUT2D eigenvalue weighted by atomic mass is 10.0. The van der Waals surface area contributed by atoms with Gasteiger partial charge in [-0.25, -0.2) is 4.39 Å². The van der Waals surface area contributed by atoms with Crippen molar-refractivity contribution in [3.05, 3.63) is 52.0 Å². The molecule has 1 atom stereocenters. The largest absolute Gasteiger partial charge is 0.383 e. The van der Waals surface area contributed by atoms with E-state index in [1.807, 2.05) is 11.6 Å². The first-order valence-corrected chi connectivity index (χ1v) is 7.65. The third-order valence-corrected chi connectivity index (χ3v) is 3.84. The summed E-state index contributed by atoms with van der Waals surface area (Å²) >= 11 is 3.55. The van der Waals surface area contributed by atoms with Gasteiger partial charge in [-0.1, -0.05) is 19.1 Å². The zero-order valence-corrected chi connectivity index (χ0v) is 13.7. The number of hydrogen-bond donors (Lipinski definition) is 1. The summed E-state index contributed by atoms with van der Waals surface area (Å²) in [5.74, 6) is -0.235. The smallest absolute Gasteiger partial charge is 0.123 e. The van der Waals surface area contributed by atoms with Crippen molar-refractivity contribution in [3.8, 4) is 0 Å². The number of hydrogen-bond acceptors (Lipinski definition) is 3. The van der Waals surface area contributed by atoms with Crippen LogP contribution in [0.25, 0.3) is 0 Å². The highest BCUT2D eigenvalue weighted by atomic mass is 79.9. The Labute approximate surface area is 132 Å². The fourth-order valence-corrected chi connectivity index (χ4v) is 2.77. The number of ether oxygens (including phenoxy) is 1. The molecule has 0 saturated heterocycles. The van der Waals surface area contributed by atoms with Gasteiger partial charge in [-0.05, 0) is 40.2 Å². The molecule has 21 heavy (non-hydrogen) atoms. The average molecular weight is 356 g/mol. The fourth-order valence-electron chi connectivity index (χ4n) is 2.25. The Bertz CT molecular complexity index is 571. The molecule has 0 aliphatic carbocycles. The van der Waals surface area contributed by atoms with Crippen LogP contribution in [0.2, 0.25) is 0 Å². The zero-order valence-electron chi connectivity index (χ0n) is 12.1. The van der Waals surface area contributed by atoms with Gasteiger partial charge in [-0.2, -0.15) is 5.10 Å². The molecule has 0 spiro atoms. The molecule has 1 unspecified atom stereocenters. The standard InChI is InChI=1S/C15H19BrFN3O/c1-3-18-14(11-4-6-12(17)7-5-11)15-13(16)10-19-20(15)8-9-21-2/h4-7,10,14,18H,3,8-9H2,1-2H3. The number of aromatic nitrogens is 2. The lowest BCUT2D eigenvalue weighted by Crippen LogP contribution is -2.26. The summed E-state index contributed by atoms with van der Waals surface area (Å²) in [6, 6.07) is 6.49. The van der Waals surface area contributed by atoms with E-state index in [0.29, 0.717) is 13.2 Å². The highest BCUT2D eigenvalue weighted by Gasteiger charge is 2.21. The second-order valence-electron chi connectivity index (χ2n) is 4.64. The van der Waals surface area contributed by atoms with E-state index < -0.39 is 0 Å². The predicted octanol–water partition coefficient (Wildman–Crippen LogP) is 3.13. The van der Waals surface area contributed by atoms with E-state index in [1.54, 1.807) is 25.4 Å². The Morgan fingerprint density at radius 3 is 2.71 bits per heavy atom. The summed E-state index contributed by atoms with van der Waals surface area (Å²) in [5.41, 5.74) is 2.01. The van der Waals surface area contributed by atoms with Gasteiger partial charge >= 0.3 is 0 Å². The summed E-state index contributed by atoms with van der Waals surface area (Å²) in [7, 11) is 1.67. The number of nitrogens with zero attached hydrogens (tertiary/aromatic N) is 2. The number of nitrogens with one attached hydrogen (secondary N) is 1. The van der Waals surface area contributed by atoms with Crippen LogP contribution in [0.15, 0.2) is 34.9 Å². The zero-order chi connectivity index (χ0) is 15.2. The molecule has 1 heterocycles. The minimum Gasteiger partial charge on any atom is -0.383 e. The van der Waals surface area contributed by atoms with Gasteiger partial charge in [-0.3, -0.25) is 4.68 Å². The maximum absolute atomic E-state index is 13.1. The van der Waals surface area contributed by atoms with Crippen molar-refractivity contribution in [1.82, 2.24) is 15.1 Å². The fraction of sp³-hybridized carbons (Fsp3) is 0.400. The van der Waals surface area contributed by atoms with Gasteiger partial charge in [0.05, 0.1) is 35.6 Å². The molecule has 1 aromatic carbocycles. The van der Waals surface area contributed by atoms with Crippen LogP contribution in [0.1, 0.15) is 24.2 Å². The van der Waals surface area contributed by atoms with Crippen molar-refractivity contribution >= 4 is 15.9 Å². The lowest BCUT2D eigenvalue weighted by Gasteiger charge is -2.20. The van der Waals surface area contributed by atoms with Crippen molar-refractivity contribution in [2.24, 2.45) is 0 Å². The second-order valence-corrected chi connectivity index (χ2v) is 5.49. The molecular formula is C15H19BrFN3O. The third-order valence-electron chi connectivity index (χ3n) is 3.23. The Hall–Kier alpha value is -1.24. The maximum Gasteiger partial charge on any atom is 0.123 e. The summed E-state index contributed by atoms with van der Waals surface area (Å²) in [6.45, 7) is 4.09. The van der Waals surface area contributed by atoms with Gasteiger partial charge in [0.25, 0.3) is 0 Å². The number of halogens is 2. The quantitative estimate of drug-likeness (QED) is 0.829. The van der Waals surface area contributed by atoms with Gasteiger partial charge in [0.1, 0.15) is 5.82 Å². The first-order chi connectivity index (χ1) is 10.2. The average Bonchev–Trinajstić information content (AvgIpc) is 2.84. The SMILES string of the molecule is CCNC(c1ccc(F)cc1)c1c(Br)cnn1CCOC. The van der Waals surface area contributed by atoms with Crippen molar-refractivity contribution in [2.45, 2.75) is 19.5 Å². The molecule has 2 aromatic rings. The molecule has 114 valence electrons. The van der Waals surface area contributed by atoms with Crippen LogP contribution < -0.4 is 5.32 Å². The lowest BCUT2D eigenvalue weighted by molar-refractivity contribution is 0.182. The predicted molar refractivity (Wildman–Crippen MR) is 83.7 cm³/mol. The van der Waals surface area contributed by atoms with Crippen molar-refractivity contribution in [1.29, 1.82) is 0 Å². The number of methoxy groups -OCH3 is 1. The van der Waals surface area contributed by atoms with Crippen molar-refractivity contribution in [2.75, 3.05) is 20.3 Å². The van der Waals surface area contributed by atoms with Gasteiger partial charge in [-0.15, -0.1) is 0 Å². The monoisotopic (exact) mass is 355 g/mol. The highest BCUT2D eigenvalue weighted by Crippen LogP contribution is 2.28.